The molecule has 0 aliphatic carbocycles. The summed E-state index contributed by atoms with van der Waals surface area (Å²) in [6.07, 6.45) is 17.2. The second-order valence-corrected chi connectivity index (χ2v) is 8.26. The molecular weight excluding hydrogens is 363 g/mol. The maximum atomic E-state index is 11.6. The molecule has 1 aliphatic heterocycles. The van der Waals surface area contributed by atoms with E-state index in [1.165, 1.54) is 64.2 Å². The normalized spacial score (nSPS) is 17.3. The van der Waals surface area contributed by atoms with E-state index in [1.54, 1.807) is 0 Å². The Labute approximate surface area is 183 Å². The molecule has 0 aromatic carbocycles. The Balaban J connectivity index is 0.00000625. The number of unbranched alkanes of at least 4 members (excludes halogenated alkanes) is 12. The van der Waals surface area contributed by atoms with Crippen LogP contribution in [0.3, 0.4) is 0 Å². The van der Waals surface area contributed by atoms with E-state index in [0.29, 0.717) is 13.0 Å². The molecule has 0 radical (unpaired) electrons. The van der Waals surface area contributed by atoms with Crippen molar-refractivity contribution in [3.8, 4) is 0 Å². The first-order valence-electron chi connectivity index (χ1n) is 10.3. The van der Waals surface area contributed by atoms with Crippen molar-refractivity contribution < 1.29 is 21.5 Å². The Morgan fingerprint density at radius 1 is 0.846 bits per heavy atom. The second kappa shape index (κ2) is 17.9. The molecule has 26 heavy (non-hydrogen) atoms. The van der Waals surface area contributed by atoms with Crippen LogP contribution in [-0.4, -0.2) is 57.5 Å². The predicted octanol–water partition coefficient (Wildman–Crippen LogP) is 4.84. The summed E-state index contributed by atoms with van der Waals surface area (Å²) in [5, 5.41) is 0. The molecule has 1 saturated heterocycles. The van der Waals surface area contributed by atoms with E-state index < -0.39 is 16.7 Å². The van der Waals surface area contributed by atoms with E-state index >= 15 is 0 Å². The van der Waals surface area contributed by atoms with Gasteiger partial charge in [-0.15, -0.1) is 0 Å². The van der Waals surface area contributed by atoms with Gasteiger partial charge in [-0.1, -0.05) is 84.0 Å². The zero-order valence-corrected chi connectivity index (χ0v) is 16.9. The van der Waals surface area contributed by atoms with Gasteiger partial charge in [0.15, 0.2) is 6.29 Å². The van der Waals surface area contributed by atoms with E-state index in [-0.39, 0.29) is 36.2 Å². The first-order valence-corrected chi connectivity index (χ1v) is 11.7. The van der Waals surface area contributed by atoms with Gasteiger partial charge in [-0.3, -0.25) is 0 Å². The molecule has 0 saturated carbocycles. The fourth-order valence-corrected chi connectivity index (χ4v) is 3.86. The molecule has 0 spiro atoms. The number of ether oxygens (including phenoxy) is 1. The molecule has 1 heterocycles. The molecule has 0 aromatic heterocycles. The monoisotopic (exact) mass is 402 g/mol. The molecule has 0 bridgehead atoms. The Morgan fingerprint density at radius 3 is 1.81 bits per heavy atom. The Morgan fingerprint density at radius 2 is 1.35 bits per heavy atom. The van der Waals surface area contributed by atoms with Gasteiger partial charge in [0.05, 0.1) is 6.61 Å². The minimum absolute atomic E-state index is 0. The van der Waals surface area contributed by atoms with Crippen molar-refractivity contribution in [1.82, 2.24) is 0 Å². The summed E-state index contributed by atoms with van der Waals surface area (Å²) >= 11 is 0. The van der Waals surface area contributed by atoms with Gasteiger partial charge in [-0.2, -0.15) is 8.42 Å². The fraction of sp³-hybridized carbons (Fsp3) is 1.00. The standard InChI is InChI=1S/C19H38O5S.Na.H/c1-2-3-4-5-6-7-8-9-10-11-12-13-14-18-23-25(20,21)24-19-16-15-17-22-19;;/h19H,2-18H2,1H3;;. The summed E-state index contributed by atoms with van der Waals surface area (Å²) in [7, 11) is -3.91. The van der Waals surface area contributed by atoms with Crippen LogP contribution in [0.2, 0.25) is 0 Å². The van der Waals surface area contributed by atoms with Crippen LogP contribution in [0.15, 0.2) is 0 Å². The number of rotatable bonds is 17. The van der Waals surface area contributed by atoms with Gasteiger partial charge in [0, 0.05) is 13.0 Å². The van der Waals surface area contributed by atoms with Gasteiger partial charge in [0.25, 0.3) is 0 Å². The first-order chi connectivity index (χ1) is 12.1. The van der Waals surface area contributed by atoms with Crippen molar-refractivity contribution in [1.29, 1.82) is 0 Å². The molecule has 0 N–H and O–H groups in total. The Bertz CT molecular complexity index is 397. The molecule has 1 unspecified atom stereocenters. The van der Waals surface area contributed by atoms with Crippen LogP contribution >= 0.6 is 0 Å². The van der Waals surface area contributed by atoms with Gasteiger partial charge >= 0.3 is 40.0 Å². The zero-order chi connectivity index (χ0) is 18.2. The van der Waals surface area contributed by atoms with Crippen LogP contribution in [0.4, 0.5) is 0 Å². The van der Waals surface area contributed by atoms with E-state index in [0.717, 1.165) is 25.7 Å². The summed E-state index contributed by atoms with van der Waals surface area (Å²) in [5.41, 5.74) is 0. The van der Waals surface area contributed by atoms with Crippen molar-refractivity contribution in [2.45, 2.75) is 110 Å². The zero-order valence-electron chi connectivity index (χ0n) is 16.0. The van der Waals surface area contributed by atoms with Crippen molar-refractivity contribution in [3.63, 3.8) is 0 Å². The summed E-state index contributed by atoms with van der Waals surface area (Å²) < 4.78 is 38.0. The van der Waals surface area contributed by atoms with Gasteiger partial charge in [-0.25, -0.2) is 8.37 Å². The Hall–Kier alpha value is 0.830. The van der Waals surface area contributed by atoms with Gasteiger partial charge in [-0.05, 0) is 12.8 Å². The third-order valence-electron chi connectivity index (χ3n) is 4.59. The van der Waals surface area contributed by atoms with Gasteiger partial charge in [0.2, 0.25) is 0 Å². The van der Waals surface area contributed by atoms with Crippen molar-refractivity contribution >= 4 is 40.0 Å². The molecule has 1 fully saturated rings. The van der Waals surface area contributed by atoms with Crippen molar-refractivity contribution in [2.24, 2.45) is 0 Å². The fourth-order valence-electron chi connectivity index (χ4n) is 3.06. The third-order valence-corrected chi connectivity index (χ3v) is 5.49. The van der Waals surface area contributed by atoms with Gasteiger partial charge in [0.1, 0.15) is 0 Å². The van der Waals surface area contributed by atoms with E-state index in [1.807, 2.05) is 0 Å². The number of hydrogen-bond acceptors (Lipinski definition) is 5. The second-order valence-electron chi connectivity index (χ2n) is 7.01. The third kappa shape index (κ3) is 15.8. The van der Waals surface area contributed by atoms with Crippen molar-refractivity contribution in [3.05, 3.63) is 0 Å². The molecular formula is C19H39NaO5S. The van der Waals surface area contributed by atoms with E-state index in [9.17, 15) is 8.42 Å². The van der Waals surface area contributed by atoms with Crippen LogP contribution in [0, 0.1) is 0 Å². The molecule has 0 amide bonds. The molecule has 1 rings (SSSR count). The Kier molecular flexibility index (Phi) is 18.5. The summed E-state index contributed by atoms with van der Waals surface area (Å²) in [4.78, 5) is 0. The summed E-state index contributed by atoms with van der Waals surface area (Å²) in [6, 6.07) is 0. The van der Waals surface area contributed by atoms with Crippen molar-refractivity contribution in [2.75, 3.05) is 13.2 Å². The average Bonchev–Trinajstić information content (AvgIpc) is 3.07. The molecule has 7 heteroatoms. The van der Waals surface area contributed by atoms with Crippen LogP contribution < -0.4 is 0 Å². The van der Waals surface area contributed by atoms with E-state index in [4.69, 9.17) is 13.1 Å². The summed E-state index contributed by atoms with van der Waals surface area (Å²) in [6.45, 7) is 3.01. The SMILES string of the molecule is CCCCCCCCCCCCCCCOS(=O)(=O)OC1CCCO1.[NaH]. The molecule has 5 nitrogen and oxygen atoms in total. The topological polar surface area (TPSA) is 61.8 Å². The van der Waals surface area contributed by atoms with E-state index in [2.05, 4.69) is 6.92 Å². The van der Waals surface area contributed by atoms with Crippen LogP contribution in [0.25, 0.3) is 0 Å². The molecule has 1 atom stereocenters. The maximum absolute atomic E-state index is 11.6. The molecule has 0 aromatic rings. The summed E-state index contributed by atoms with van der Waals surface area (Å²) in [5.74, 6) is 0. The predicted molar refractivity (Wildman–Crippen MR) is 108 cm³/mol. The van der Waals surface area contributed by atoms with Crippen LogP contribution in [0.1, 0.15) is 103 Å². The molecule has 152 valence electrons. The average molecular weight is 403 g/mol. The quantitative estimate of drug-likeness (QED) is 0.257. The molecule has 1 aliphatic rings. The van der Waals surface area contributed by atoms with Crippen LogP contribution in [0.5, 0.6) is 0 Å². The van der Waals surface area contributed by atoms with Gasteiger partial charge < -0.3 is 4.74 Å². The number of hydrogen-bond donors (Lipinski definition) is 0. The minimum atomic E-state index is -3.91. The first kappa shape index (κ1) is 26.8. The van der Waals surface area contributed by atoms with Crippen LogP contribution in [-0.2, 0) is 23.5 Å².